The first-order valence-corrected chi connectivity index (χ1v) is 5.81. The number of amides is 1. The minimum atomic E-state index is -1.09. The van der Waals surface area contributed by atoms with Crippen molar-refractivity contribution in [3.05, 3.63) is 28.2 Å². The standard InChI is InChI=1S/C9H9N5O3S/c1-4(8-13-5(2-18-8)9(16)17)12-7(15)6-10-3-11-14-6/h2-4H,1H3,(H,12,15)(H,16,17)(H,10,11,14). The van der Waals surface area contributed by atoms with Crippen LogP contribution in [0.2, 0.25) is 0 Å². The van der Waals surface area contributed by atoms with Crippen LogP contribution >= 0.6 is 11.3 Å². The second-order valence-electron chi connectivity index (χ2n) is 3.41. The number of carboxylic acids is 1. The van der Waals surface area contributed by atoms with Gasteiger partial charge in [-0.3, -0.25) is 9.89 Å². The summed E-state index contributed by atoms with van der Waals surface area (Å²) in [6.07, 6.45) is 1.23. The van der Waals surface area contributed by atoms with Crippen LogP contribution in [0.4, 0.5) is 0 Å². The van der Waals surface area contributed by atoms with Crippen molar-refractivity contribution in [1.29, 1.82) is 0 Å². The summed E-state index contributed by atoms with van der Waals surface area (Å²) in [7, 11) is 0. The molecule has 1 atom stereocenters. The molecule has 3 N–H and O–H groups in total. The van der Waals surface area contributed by atoms with Crippen LogP contribution < -0.4 is 5.32 Å². The summed E-state index contributed by atoms with van der Waals surface area (Å²) in [4.78, 5) is 29.9. The summed E-state index contributed by atoms with van der Waals surface area (Å²) in [5.41, 5.74) is -0.0317. The summed E-state index contributed by atoms with van der Waals surface area (Å²) < 4.78 is 0. The van der Waals surface area contributed by atoms with Gasteiger partial charge < -0.3 is 10.4 Å². The Morgan fingerprint density at radius 3 is 2.89 bits per heavy atom. The van der Waals surface area contributed by atoms with Gasteiger partial charge in [-0.25, -0.2) is 14.8 Å². The molecule has 0 radical (unpaired) electrons. The average molecular weight is 267 g/mol. The highest BCUT2D eigenvalue weighted by Gasteiger charge is 2.17. The summed E-state index contributed by atoms with van der Waals surface area (Å²) in [6.45, 7) is 1.71. The monoisotopic (exact) mass is 267 g/mol. The second-order valence-corrected chi connectivity index (χ2v) is 4.30. The van der Waals surface area contributed by atoms with Crippen molar-refractivity contribution in [3.63, 3.8) is 0 Å². The molecule has 9 heteroatoms. The van der Waals surface area contributed by atoms with Crippen molar-refractivity contribution < 1.29 is 14.7 Å². The van der Waals surface area contributed by atoms with Gasteiger partial charge in [0.2, 0.25) is 5.82 Å². The fourth-order valence-electron chi connectivity index (χ4n) is 1.23. The van der Waals surface area contributed by atoms with Gasteiger partial charge in [0.05, 0.1) is 6.04 Å². The molecule has 94 valence electrons. The predicted octanol–water partition coefficient (Wildman–Crippen LogP) is 0.450. The lowest BCUT2D eigenvalue weighted by atomic mass is 10.3. The lowest BCUT2D eigenvalue weighted by Gasteiger charge is -2.09. The number of hydrogen-bond donors (Lipinski definition) is 3. The molecule has 2 rings (SSSR count). The zero-order valence-corrected chi connectivity index (χ0v) is 10.1. The molecule has 18 heavy (non-hydrogen) atoms. The topological polar surface area (TPSA) is 121 Å². The molecule has 1 amide bonds. The number of aromatic nitrogens is 4. The van der Waals surface area contributed by atoms with E-state index in [4.69, 9.17) is 5.11 Å². The molecule has 2 aromatic rings. The van der Waals surface area contributed by atoms with Crippen LogP contribution in [0.25, 0.3) is 0 Å². The van der Waals surface area contributed by atoms with E-state index in [2.05, 4.69) is 25.5 Å². The molecule has 0 aliphatic heterocycles. The highest BCUT2D eigenvalue weighted by atomic mass is 32.1. The maximum absolute atomic E-state index is 11.6. The number of carboxylic acid groups (broad SMARTS) is 1. The molecule has 0 aromatic carbocycles. The fourth-order valence-corrected chi connectivity index (χ4v) is 2.03. The number of aromatic amines is 1. The van der Waals surface area contributed by atoms with Crippen LogP contribution in [0.3, 0.4) is 0 Å². The van der Waals surface area contributed by atoms with Gasteiger partial charge in [-0.05, 0) is 6.92 Å². The van der Waals surface area contributed by atoms with Gasteiger partial charge in [0.1, 0.15) is 11.3 Å². The molecular formula is C9H9N5O3S. The molecule has 0 spiro atoms. The van der Waals surface area contributed by atoms with E-state index in [1.54, 1.807) is 6.92 Å². The number of rotatable bonds is 4. The molecule has 2 aromatic heterocycles. The maximum Gasteiger partial charge on any atom is 0.355 e. The fraction of sp³-hybridized carbons (Fsp3) is 0.222. The lowest BCUT2D eigenvalue weighted by molar-refractivity contribution is 0.0691. The minimum absolute atomic E-state index is 0.0317. The Bertz CT molecular complexity index is 565. The first kappa shape index (κ1) is 12.2. The molecule has 0 saturated heterocycles. The Labute approximate surface area is 105 Å². The van der Waals surface area contributed by atoms with Crippen LogP contribution in [0.5, 0.6) is 0 Å². The van der Waals surface area contributed by atoms with E-state index in [1.165, 1.54) is 23.0 Å². The van der Waals surface area contributed by atoms with Gasteiger partial charge in [0, 0.05) is 5.38 Å². The molecule has 0 fully saturated rings. The normalized spacial score (nSPS) is 12.1. The van der Waals surface area contributed by atoms with Crippen LogP contribution in [0.15, 0.2) is 11.7 Å². The highest BCUT2D eigenvalue weighted by Crippen LogP contribution is 2.18. The van der Waals surface area contributed by atoms with E-state index in [0.717, 1.165) is 0 Å². The number of thiazole rings is 1. The summed E-state index contributed by atoms with van der Waals surface area (Å²) in [6, 6.07) is -0.402. The lowest BCUT2D eigenvalue weighted by Crippen LogP contribution is -2.27. The van der Waals surface area contributed by atoms with Crippen molar-refractivity contribution >= 4 is 23.2 Å². The molecule has 0 aliphatic carbocycles. The van der Waals surface area contributed by atoms with E-state index in [1.807, 2.05) is 0 Å². The SMILES string of the molecule is CC(NC(=O)c1ncn[nH]1)c1nc(C(=O)O)cs1. The average Bonchev–Trinajstić information content (AvgIpc) is 3.00. The third-order valence-corrected chi connectivity index (χ3v) is 3.12. The number of aromatic carboxylic acids is 1. The number of H-pyrrole nitrogens is 1. The number of carbonyl (C=O) groups is 2. The number of nitrogens with zero attached hydrogens (tertiary/aromatic N) is 3. The maximum atomic E-state index is 11.6. The molecule has 2 heterocycles. The predicted molar refractivity (Wildman–Crippen MR) is 61.3 cm³/mol. The Kier molecular flexibility index (Phi) is 3.33. The van der Waals surface area contributed by atoms with Crippen LogP contribution in [-0.4, -0.2) is 37.1 Å². The Hall–Kier alpha value is -2.29. The van der Waals surface area contributed by atoms with Crippen LogP contribution in [0, 0.1) is 0 Å². The smallest absolute Gasteiger partial charge is 0.355 e. The van der Waals surface area contributed by atoms with Gasteiger partial charge in [-0.15, -0.1) is 11.3 Å². The van der Waals surface area contributed by atoms with E-state index >= 15 is 0 Å². The van der Waals surface area contributed by atoms with Crippen LogP contribution in [-0.2, 0) is 0 Å². The van der Waals surface area contributed by atoms with Gasteiger partial charge in [-0.1, -0.05) is 0 Å². The number of hydrogen-bond acceptors (Lipinski definition) is 6. The molecule has 0 aliphatic rings. The quantitative estimate of drug-likeness (QED) is 0.739. The van der Waals surface area contributed by atoms with Crippen molar-refractivity contribution in [2.45, 2.75) is 13.0 Å². The molecular weight excluding hydrogens is 258 g/mol. The zero-order valence-electron chi connectivity index (χ0n) is 9.25. The van der Waals surface area contributed by atoms with Gasteiger partial charge >= 0.3 is 5.97 Å². The zero-order chi connectivity index (χ0) is 13.1. The van der Waals surface area contributed by atoms with Gasteiger partial charge in [0.25, 0.3) is 5.91 Å². The number of carbonyl (C=O) groups excluding carboxylic acids is 1. The Morgan fingerprint density at radius 2 is 2.33 bits per heavy atom. The molecule has 1 unspecified atom stereocenters. The summed E-state index contributed by atoms with van der Waals surface area (Å²) in [5.74, 6) is -1.42. The van der Waals surface area contributed by atoms with Crippen molar-refractivity contribution in [3.8, 4) is 0 Å². The third-order valence-electron chi connectivity index (χ3n) is 2.09. The largest absolute Gasteiger partial charge is 0.476 e. The first-order valence-electron chi connectivity index (χ1n) is 4.93. The summed E-state index contributed by atoms with van der Waals surface area (Å²) in [5, 5.41) is 19.3. The van der Waals surface area contributed by atoms with Gasteiger partial charge in [0.15, 0.2) is 5.69 Å². The van der Waals surface area contributed by atoms with E-state index < -0.39 is 17.9 Å². The third kappa shape index (κ3) is 2.51. The number of nitrogens with one attached hydrogen (secondary N) is 2. The van der Waals surface area contributed by atoms with Crippen LogP contribution in [0.1, 0.15) is 39.1 Å². The second kappa shape index (κ2) is 4.92. The minimum Gasteiger partial charge on any atom is -0.476 e. The highest BCUT2D eigenvalue weighted by molar-refractivity contribution is 7.09. The van der Waals surface area contributed by atoms with Crippen molar-refractivity contribution in [1.82, 2.24) is 25.5 Å². The van der Waals surface area contributed by atoms with E-state index in [0.29, 0.717) is 5.01 Å². The molecule has 0 bridgehead atoms. The van der Waals surface area contributed by atoms with E-state index in [9.17, 15) is 9.59 Å². The van der Waals surface area contributed by atoms with Crippen molar-refractivity contribution in [2.24, 2.45) is 0 Å². The van der Waals surface area contributed by atoms with Gasteiger partial charge in [-0.2, -0.15) is 5.10 Å². The Morgan fingerprint density at radius 1 is 1.56 bits per heavy atom. The van der Waals surface area contributed by atoms with Crippen molar-refractivity contribution in [2.75, 3.05) is 0 Å². The Balaban J connectivity index is 2.05. The van der Waals surface area contributed by atoms with E-state index in [-0.39, 0.29) is 11.5 Å². The molecule has 0 saturated carbocycles. The summed E-state index contributed by atoms with van der Waals surface area (Å²) >= 11 is 1.17. The first-order chi connectivity index (χ1) is 8.58. The molecule has 8 nitrogen and oxygen atoms in total.